The van der Waals surface area contributed by atoms with E-state index in [-0.39, 0.29) is 35.4 Å². The molecule has 1 aromatic carbocycles. The van der Waals surface area contributed by atoms with Crippen molar-refractivity contribution in [2.45, 2.75) is 26.1 Å². The Labute approximate surface area is 179 Å². The van der Waals surface area contributed by atoms with E-state index in [0.717, 1.165) is 11.3 Å². The summed E-state index contributed by atoms with van der Waals surface area (Å²) in [7, 11) is 0. The van der Waals surface area contributed by atoms with E-state index in [1.165, 1.54) is 19.1 Å². The minimum Gasteiger partial charge on any atom is -0.457 e. The van der Waals surface area contributed by atoms with E-state index in [1.807, 2.05) is 0 Å². The third-order valence-corrected chi connectivity index (χ3v) is 5.23. The summed E-state index contributed by atoms with van der Waals surface area (Å²) in [5.41, 5.74) is 0.614. The van der Waals surface area contributed by atoms with Crippen LogP contribution in [0.1, 0.15) is 18.2 Å². The molecule has 3 rings (SSSR count). The van der Waals surface area contributed by atoms with Crippen LogP contribution in [0.25, 0.3) is 21.6 Å². The van der Waals surface area contributed by atoms with E-state index in [9.17, 15) is 18.0 Å². The lowest BCUT2D eigenvalue weighted by molar-refractivity contribution is -0.274. The smallest absolute Gasteiger partial charge is 0.457 e. The number of hydrogen-bond acceptors (Lipinski definition) is 7. The van der Waals surface area contributed by atoms with Crippen LogP contribution in [0.15, 0.2) is 46.9 Å². The predicted octanol–water partition coefficient (Wildman–Crippen LogP) is 5.44. The van der Waals surface area contributed by atoms with Gasteiger partial charge in [-0.3, -0.25) is 0 Å². The molecule has 0 fully saturated rings. The number of carbonyl (C=O) groups is 1. The number of fused-ring (bicyclic) bond motifs is 1. The molecule has 166 valence electrons. The number of furan rings is 1. The van der Waals surface area contributed by atoms with Crippen LogP contribution in [0.5, 0.6) is 11.5 Å². The van der Waals surface area contributed by atoms with Gasteiger partial charge in [0, 0.05) is 28.5 Å². The highest BCUT2D eigenvalue weighted by Crippen LogP contribution is 2.43. The third kappa shape index (κ3) is 6.02. The molecular weight excluding hydrogens is 437 g/mol. The number of esters is 1. The highest BCUT2D eigenvalue weighted by Gasteiger charge is 2.33. The molecule has 0 atom stereocenters. The fourth-order valence-electron chi connectivity index (χ4n) is 2.66. The zero-order chi connectivity index (χ0) is 22.6. The number of ether oxygens (including phenoxy) is 3. The van der Waals surface area contributed by atoms with Gasteiger partial charge < -0.3 is 23.7 Å². The van der Waals surface area contributed by atoms with Crippen molar-refractivity contribution in [3.05, 3.63) is 47.4 Å². The molecule has 0 amide bonds. The van der Waals surface area contributed by atoms with Crippen LogP contribution in [0.3, 0.4) is 0 Å². The van der Waals surface area contributed by atoms with Crippen LogP contribution in [0, 0.1) is 0 Å². The van der Waals surface area contributed by atoms with Gasteiger partial charge in [0.25, 0.3) is 0 Å². The zero-order valence-corrected chi connectivity index (χ0v) is 17.3. The summed E-state index contributed by atoms with van der Waals surface area (Å²) in [6.07, 6.45) is -4.02. The molecule has 0 unspecified atom stereocenters. The lowest BCUT2D eigenvalue weighted by atomic mass is 10.2. The molecule has 0 aliphatic rings. The largest absolute Gasteiger partial charge is 0.573 e. The first-order chi connectivity index (χ1) is 14.7. The van der Waals surface area contributed by atoms with Gasteiger partial charge in [0.15, 0.2) is 5.75 Å². The highest BCUT2D eigenvalue weighted by molar-refractivity contribution is 7.15. The predicted molar refractivity (Wildman–Crippen MR) is 108 cm³/mol. The molecule has 0 aliphatic carbocycles. The van der Waals surface area contributed by atoms with Crippen molar-refractivity contribution in [2.24, 2.45) is 0 Å². The molecule has 0 bridgehead atoms. The number of aliphatic hydroxyl groups excluding tert-OH is 1. The van der Waals surface area contributed by atoms with Gasteiger partial charge in [-0.1, -0.05) is 6.58 Å². The molecule has 0 aliphatic heterocycles. The van der Waals surface area contributed by atoms with Crippen LogP contribution in [-0.4, -0.2) is 30.8 Å². The second-order valence-corrected chi connectivity index (χ2v) is 7.70. The SMILES string of the molecule is C=C(C)C(=O)OCOc1ccc2cc(-c3sc(CCCO)cc3OC(F)(F)F)oc2c1. The minimum atomic E-state index is -4.85. The van der Waals surface area contributed by atoms with Gasteiger partial charge in [-0.05, 0) is 44.0 Å². The molecular formula is C21H19F3O6S. The fraction of sp³-hybridized carbons (Fsp3) is 0.286. The molecule has 6 nitrogen and oxygen atoms in total. The van der Waals surface area contributed by atoms with Gasteiger partial charge in [-0.15, -0.1) is 24.5 Å². The molecule has 0 saturated carbocycles. The Balaban J connectivity index is 1.84. The van der Waals surface area contributed by atoms with Crippen molar-refractivity contribution >= 4 is 28.3 Å². The maximum absolute atomic E-state index is 12.8. The normalized spacial score (nSPS) is 11.5. The second-order valence-electron chi connectivity index (χ2n) is 6.57. The van der Waals surface area contributed by atoms with Crippen molar-refractivity contribution < 1.29 is 41.7 Å². The molecule has 0 saturated heterocycles. The molecule has 31 heavy (non-hydrogen) atoms. The number of aliphatic hydroxyl groups is 1. The van der Waals surface area contributed by atoms with Gasteiger partial charge in [0.05, 0.1) is 0 Å². The van der Waals surface area contributed by atoms with Crippen molar-refractivity contribution in [2.75, 3.05) is 13.4 Å². The summed E-state index contributed by atoms with van der Waals surface area (Å²) in [5, 5.41) is 9.62. The van der Waals surface area contributed by atoms with Gasteiger partial charge in [-0.25, -0.2) is 4.79 Å². The summed E-state index contributed by atoms with van der Waals surface area (Å²) in [4.78, 5) is 12.2. The van der Waals surface area contributed by atoms with E-state index in [2.05, 4.69) is 11.3 Å². The molecule has 1 N–H and O–H groups in total. The topological polar surface area (TPSA) is 78.1 Å². The molecule has 0 spiro atoms. The Morgan fingerprint density at radius 3 is 2.71 bits per heavy atom. The Hall–Kier alpha value is -2.98. The quantitative estimate of drug-likeness (QED) is 0.262. The number of halogens is 3. The van der Waals surface area contributed by atoms with E-state index < -0.39 is 12.3 Å². The number of aryl methyl sites for hydroxylation is 1. The number of carbonyl (C=O) groups excluding carboxylic acids is 1. The van der Waals surface area contributed by atoms with E-state index >= 15 is 0 Å². The Morgan fingerprint density at radius 2 is 2.03 bits per heavy atom. The lowest BCUT2D eigenvalue weighted by Gasteiger charge is -2.08. The van der Waals surface area contributed by atoms with E-state index in [0.29, 0.717) is 34.4 Å². The van der Waals surface area contributed by atoms with Crippen LogP contribution in [0.4, 0.5) is 13.2 Å². The monoisotopic (exact) mass is 456 g/mol. The summed E-state index contributed by atoms with van der Waals surface area (Å²) < 4.78 is 58.6. The average molecular weight is 456 g/mol. The van der Waals surface area contributed by atoms with Crippen molar-refractivity contribution in [3.63, 3.8) is 0 Å². The van der Waals surface area contributed by atoms with Crippen LogP contribution >= 0.6 is 11.3 Å². The van der Waals surface area contributed by atoms with Gasteiger partial charge >= 0.3 is 12.3 Å². The number of thiophene rings is 1. The van der Waals surface area contributed by atoms with Crippen molar-refractivity contribution in [1.29, 1.82) is 0 Å². The van der Waals surface area contributed by atoms with Gasteiger partial charge in [0.2, 0.25) is 6.79 Å². The van der Waals surface area contributed by atoms with Crippen LogP contribution in [0.2, 0.25) is 0 Å². The summed E-state index contributed by atoms with van der Waals surface area (Å²) in [5.74, 6) is -0.384. The molecule has 0 radical (unpaired) electrons. The highest BCUT2D eigenvalue weighted by atomic mass is 32.1. The number of hydrogen-bond donors (Lipinski definition) is 1. The Morgan fingerprint density at radius 1 is 1.26 bits per heavy atom. The molecule has 2 aromatic heterocycles. The van der Waals surface area contributed by atoms with Crippen LogP contribution in [-0.2, 0) is 16.0 Å². The average Bonchev–Trinajstić information content (AvgIpc) is 3.28. The van der Waals surface area contributed by atoms with Crippen LogP contribution < -0.4 is 9.47 Å². The first kappa shape index (κ1) is 22.7. The number of rotatable bonds is 9. The maximum atomic E-state index is 12.8. The third-order valence-electron chi connectivity index (χ3n) is 4.04. The molecule has 3 aromatic rings. The first-order valence-corrected chi connectivity index (χ1v) is 9.96. The van der Waals surface area contributed by atoms with Crippen molar-refractivity contribution in [3.8, 4) is 22.1 Å². The molecule has 10 heteroatoms. The van der Waals surface area contributed by atoms with E-state index in [1.54, 1.807) is 18.2 Å². The summed E-state index contributed by atoms with van der Waals surface area (Å²) in [6.45, 7) is 4.58. The number of alkyl halides is 3. The van der Waals surface area contributed by atoms with Gasteiger partial charge in [-0.2, -0.15) is 0 Å². The fourth-order valence-corrected chi connectivity index (χ4v) is 3.74. The minimum absolute atomic E-state index is 0.0716. The van der Waals surface area contributed by atoms with Crippen molar-refractivity contribution in [1.82, 2.24) is 0 Å². The molecule has 2 heterocycles. The maximum Gasteiger partial charge on any atom is 0.573 e. The zero-order valence-electron chi connectivity index (χ0n) is 16.5. The lowest BCUT2D eigenvalue weighted by Crippen LogP contribution is -2.17. The second kappa shape index (κ2) is 9.44. The standard InChI is InChI=1S/C21H19F3O6S/c1-12(2)20(26)28-11-27-14-6-5-13-8-17(29-16(13)9-14)19-18(30-21(22,23)24)10-15(31-19)4-3-7-25/h5-6,8-10,25H,1,3-4,7,11H2,2H3. The van der Waals surface area contributed by atoms with E-state index in [4.69, 9.17) is 19.0 Å². The number of benzene rings is 1. The van der Waals surface area contributed by atoms with Gasteiger partial charge in [0.1, 0.15) is 22.0 Å². The first-order valence-electron chi connectivity index (χ1n) is 9.15. The Bertz CT molecular complexity index is 1080. The summed E-state index contributed by atoms with van der Waals surface area (Å²) >= 11 is 1.11. The Kier molecular flexibility index (Phi) is 6.91. The summed E-state index contributed by atoms with van der Waals surface area (Å²) in [6, 6.07) is 7.73.